The number of rotatable bonds is 8. The molecule has 0 aromatic heterocycles. The number of hydrogen-bond donors (Lipinski definition) is 2. The van der Waals surface area contributed by atoms with E-state index in [1.807, 2.05) is 26.0 Å². The Bertz CT molecular complexity index is 1240. The van der Waals surface area contributed by atoms with Gasteiger partial charge in [-0.15, -0.1) is 0 Å². The number of ether oxygens (including phenoxy) is 2. The molecule has 35 heavy (non-hydrogen) atoms. The van der Waals surface area contributed by atoms with Crippen LogP contribution in [-0.4, -0.2) is 30.6 Å². The van der Waals surface area contributed by atoms with Gasteiger partial charge in [0, 0.05) is 15.7 Å². The van der Waals surface area contributed by atoms with Gasteiger partial charge in [0.2, 0.25) is 0 Å². The van der Waals surface area contributed by atoms with Crippen LogP contribution in [0, 0.1) is 6.92 Å². The first-order valence-electron chi connectivity index (χ1n) is 10.8. The Morgan fingerprint density at radius 3 is 2.46 bits per heavy atom. The second-order valence-corrected chi connectivity index (χ2v) is 8.33. The highest BCUT2D eigenvalue weighted by Gasteiger charge is 2.15. The maximum atomic E-state index is 12.6. The topological polar surface area (TPSA) is 106 Å². The van der Waals surface area contributed by atoms with Crippen LogP contribution in [0.5, 0.6) is 11.5 Å². The van der Waals surface area contributed by atoms with Gasteiger partial charge < -0.3 is 14.8 Å². The number of halogens is 1. The Hall–Kier alpha value is -3.98. The molecule has 0 radical (unpaired) electrons. The number of hydrazone groups is 1. The highest BCUT2D eigenvalue weighted by molar-refractivity contribution is 9.10. The first-order valence-corrected chi connectivity index (χ1v) is 11.6. The van der Waals surface area contributed by atoms with E-state index in [-0.39, 0.29) is 5.75 Å². The monoisotopic (exact) mass is 537 g/mol. The van der Waals surface area contributed by atoms with Crippen molar-refractivity contribution in [3.05, 3.63) is 87.9 Å². The molecule has 0 heterocycles. The average molecular weight is 538 g/mol. The summed E-state index contributed by atoms with van der Waals surface area (Å²) in [7, 11) is 0. The lowest BCUT2D eigenvalue weighted by Gasteiger charge is -2.09. The summed E-state index contributed by atoms with van der Waals surface area (Å²) in [6.45, 7) is 4.42. The summed E-state index contributed by atoms with van der Waals surface area (Å²) in [6.07, 6.45) is 2.17. The van der Waals surface area contributed by atoms with Crippen LogP contribution in [-0.2, 0) is 9.59 Å². The predicted molar refractivity (Wildman–Crippen MR) is 137 cm³/mol. The third-order valence-corrected chi connectivity index (χ3v) is 5.20. The standard InChI is InChI=1S/C26H24BrN3O5/c1-3-14-34-21-11-8-18(9-12-21)26(33)35-23-13-10-20(27)15-19(23)16-28-30-25(32)24(31)29-22-7-5-4-6-17(22)2/h4-13,15-16H,3,14H2,1-2H3,(H,29,31)(H,30,32)/b28-16-. The third-order valence-electron chi connectivity index (χ3n) is 4.71. The molecule has 2 amide bonds. The highest BCUT2D eigenvalue weighted by atomic mass is 79.9. The largest absolute Gasteiger partial charge is 0.494 e. The number of aryl methyl sites for hydroxylation is 1. The van der Waals surface area contributed by atoms with E-state index in [2.05, 4.69) is 31.8 Å². The van der Waals surface area contributed by atoms with E-state index in [9.17, 15) is 14.4 Å². The molecule has 0 saturated carbocycles. The van der Waals surface area contributed by atoms with Gasteiger partial charge in [-0.25, -0.2) is 10.2 Å². The van der Waals surface area contributed by atoms with Gasteiger partial charge in [-0.3, -0.25) is 9.59 Å². The maximum Gasteiger partial charge on any atom is 0.343 e. The first kappa shape index (κ1) is 25.6. The number of carbonyl (C=O) groups excluding carboxylic acids is 3. The predicted octanol–water partition coefficient (Wildman–Crippen LogP) is 4.85. The van der Waals surface area contributed by atoms with Crippen LogP contribution < -0.4 is 20.2 Å². The molecule has 2 N–H and O–H groups in total. The molecule has 3 aromatic rings. The lowest BCUT2D eigenvalue weighted by molar-refractivity contribution is -0.136. The summed E-state index contributed by atoms with van der Waals surface area (Å²) < 4.78 is 11.8. The molecule has 0 bridgehead atoms. The van der Waals surface area contributed by atoms with Gasteiger partial charge >= 0.3 is 17.8 Å². The fourth-order valence-corrected chi connectivity index (χ4v) is 3.26. The molecule has 3 aromatic carbocycles. The van der Waals surface area contributed by atoms with Crippen LogP contribution in [0.4, 0.5) is 5.69 Å². The van der Waals surface area contributed by atoms with Crippen molar-refractivity contribution < 1.29 is 23.9 Å². The molecule has 8 nitrogen and oxygen atoms in total. The lowest BCUT2D eigenvalue weighted by atomic mass is 10.2. The van der Waals surface area contributed by atoms with Crippen molar-refractivity contribution in [1.82, 2.24) is 5.43 Å². The zero-order valence-corrected chi connectivity index (χ0v) is 20.8. The first-order chi connectivity index (χ1) is 16.9. The molecule has 0 spiro atoms. The molecule has 180 valence electrons. The summed E-state index contributed by atoms with van der Waals surface area (Å²) in [5.74, 6) is -1.47. The van der Waals surface area contributed by atoms with Gasteiger partial charge in [-0.05, 0) is 67.4 Å². The Balaban J connectivity index is 1.64. The summed E-state index contributed by atoms with van der Waals surface area (Å²) in [6, 6.07) is 18.7. The van der Waals surface area contributed by atoms with E-state index in [0.29, 0.717) is 33.6 Å². The summed E-state index contributed by atoms with van der Waals surface area (Å²) in [5.41, 5.74) is 4.28. The molecule has 0 atom stereocenters. The minimum atomic E-state index is -0.941. The fraction of sp³-hybridized carbons (Fsp3) is 0.154. The minimum Gasteiger partial charge on any atom is -0.494 e. The van der Waals surface area contributed by atoms with Crippen LogP contribution in [0.1, 0.15) is 34.8 Å². The number of nitrogens with one attached hydrogen (secondary N) is 2. The zero-order valence-electron chi connectivity index (χ0n) is 19.2. The second kappa shape index (κ2) is 12.5. The average Bonchev–Trinajstić information content (AvgIpc) is 2.85. The zero-order chi connectivity index (χ0) is 25.2. The van der Waals surface area contributed by atoms with Crippen LogP contribution in [0.3, 0.4) is 0 Å². The van der Waals surface area contributed by atoms with Gasteiger partial charge in [0.25, 0.3) is 0 Å². The van der Waals surface area contributed by atoms with Crippen molar-refractivity contribution in [1.29, 1.82) is 0 Å². The SMILES string of the molecule is CCCOc1ccc(C(=O)Oc2ccc(Br)cc2/C=N\NC(=O)C(=O)Nc2ccccc2C)cc1. The van der Waals surface area contributed by atoms with E-state index in [0.717, 1.165) is 12.0 Å². The number of nitrogens with zero attached hydrogens (tertiary/aromatic N) is 1. The van der Waals surface area contributed by atoms with E-state index >= 15 is 0 Å². The number of esters is 1. The van der Waals surface area contributed by atoms with E-state index in [4.69, 9.17) is 9.47 Å². The van der Waals surface area contributed by atoms with Gasteiger partial charge in [0.05, 0.1) is 18.4 Å². The van der Waals surface area contributed by atoms with Crippen molar-refractivity contribution in [2.24, 2.45) is 5.10 Å². The molecule has 0 aliphatic carbocycles. The van der Waals surface area contributed by atoms with Gasteiger partial charge in [0.15, 0.2) is 0 Å². The normalized spacial score (nSPS) is 10.6. The van der Waals surface area contributed by atoms with Crippen molar-refractivity contribution in [2.75, 3.05) is 11.9 Å². The number of carbonyl (C=O) groups is 3. The number of para-hydroxylation sites is 1. The van der Waals surface area contributed by atoms with Crippen LogP contribution >= 0.6 is 15.9 Å². The Morgan fingerprint density at radius 2 is 1.74 bits per heavy atom. The van der Waals surface area contributed by atoms with Crippen molar-refractivity contribution in [3.8, 4) is 11.5 Å². The van der Waals surface area contributed by atoms with Crippen molar-refractivity contribution in [3.63, 3.8) is 0 Å². The highest BCUT2D eigenvalue weighted by Crippen LogP contribution is 2.23. The van der Waals surface area contributed by atoms with E-state index in [1.54, 1.807) is 54.6 Å². The second-order valence-electron chi connectivity index (χ2n) is 7.41. The number of anilines is 1. The molecule has 0 aliphatic rings. The quantitative estimate of drug-likeness (QED) is 0.140. The molecular formula is C26H24BrN3O5. The number of amides is 2. The number of benzene rings is 3. The summed E-state index contributed by atoms with van der Waals surface area (Å²) >= 11 is 3.36. The minimum absolute atomic E-state index is 0.229. The summed E-state index contributed by atoms with van der Waals surface area (Å²) in [4.78, 5) is 36.9. The van der Waals surface area contributed by atoms with E-state index < -0.39 is 17.8 Å². The molecular weight excluding hydrogens is 514 g/mol. The molecule has 3 rings (SSSR count). The molecule has 0 fully saturated rings. The van der Waals surface area contributed by atoms with Crippen LogP contribution in [0.2, 0.25) is 0 Å². The number of hydrogen-bond acceptors (Lipinski definition) is 6. The molecule has 9 heteroatoms. The Kier molecular flexibility index (Phi) is 9.14. The fourth-order valence-electron chi connectivity index (χ4n) is 2.88. The maximum absolute atomic E-state index is 12.6. The van der Waals surface area contributed by atoms with Crippen LogP contribution in [0.25, 0.3) is 0 Å². The van der Waals surface area contributed by atoms with Crippen molar-refractivity contribution >= 4 is 45.6 Å². The van der Waals surface area contributed by atoms with Gasteiger partial charge in [0.1, 0.15) is 11.5 Å². The molecule has 0 unspecified atom stereocenters. The van der Waals surface area contributed by atoms with Crippen molar-refractivity contribution in [2.45, 2.75) is 20.3 Å². The van der Waals surface area contributed by atoms with Crippen LogP contribution in [0.15, 0.2) is 76.3 Å². The molecule has 0 saturated heterocycles. The smallest absolute Gasteiger partial charge is 0.343 e. The van der Waals surface area contributed by atoms with E-state index in [1.165, 1.54) is 6.21 Å². The summed E-state index contributed by atoms with van der Waals surface area (Å²) in [5, 5.41) is 6.36. The molecule has 0 aliphatic heterocycles. The lowest BCUT2D eigenvalue weighted by Crippen LogP contribution is -2.32. The van der Waals surface area contributed by atoms with Gasteiger partial charge in [-0.1, -0.05) is 41.1 Å². The Morgan fingerprint density at radius 1 is 1.00 bits per heavy atom. The third kappa shape index (κ3) is 7.51. The van der Waals surface area contributed by atoms with Gasteiger partial charge in [-0.2, -0.15) is 5.10 Å². The Labute approximate surface area is 211 Å².